The molecule has 0 amide bonds. The molecule has 0 aromatic heterocycles. The maximum Gasteiger partial charge on any atom is 0.120 e. The van der Waals surface area contributed by atoms with Crippen molar-refractivity contribution >= 4 is 11.8 Å². The molecule has 0 saturated heterocycles. The summed E-state index contributed by atoms with van der Waals surface area (Å²) in [5, 5.41) is 0. The highest BCUT2D eigenvalue weighted by molar-refractivity contribution is 6.13. The minimum atomic E-state index is -0.147. The molecule has 0 unspecified atom stereocenters. The van der Waals surface area contributed by atoms with E-state index < -0.39 is 0 Å². The molecule has 0 spiro atoms. The molecule has 1 N–H and O–H groups in total. The van der Waals surface area contributed by atoms with Crippen molar-refractivity contribution in [2.75, 3.05) is 0 Å². The van der Waals surface area contributed by atoms with Crippen molar-refractivity contribution < 1.29 is 4.74 Å². The first-order valence-corrected chi connectivity index (χ1v) is 5.00. The Labute approximate surface area is 90.3 Å². The molecule has 0 bridgehead atoms. The average molecular weight is 214 g/mol. The average Bonchev–Trinajstić information content (AvgIpc) is 2.06. The molecule has 1 rings (SSSR count). The number of ether oxygens (including phenoxy) is 1. The van der Waals surface area contributed by atoms with E-state index in [4.69, 9.17) is 16.5 Å². The predicted molar refractivity (Wildman–Crippen MR) is 59.5 cm³/mol. The molecule has 0 heterocycles. The Bertz CT molecular complexity index is 276. The standard InChI is InChI=1S/C11H16ClNO/c1-11(2,3)14-10-6-4-9(5-7-10)8-13-12/h4-7,13H,8H2,1-3H3. The number of hydrogen-bond donors (Lipinski definition) is 1. The lowest BCUT2D eigenvalue weighted by Crippen LogP contribution is -2.22. The molecule has 2 nitrogen and oxygen atoms in total. The van der Waals surface area contributed by atoms with Gasteiger partial charge in [-0.2, -0.15) is 0 Å². The van der Waals surface area contributed by atoms with Crippen LogP contribution >= 0.6 is 11.8 Å². The predicted octanol–water partition coefficient (Wildman–Crippen LogP) is 3.11. The van der Waals surface area contributed by atoms with Crippen LogP contribution in [0.2, 0.25) is 0 Å². The number of halogens is 1. The van der Waals surface area contributed by atoms with Crippen molar-refractivity contribution in [2.45, 2.75) is 32.9 Å². The summed E-state index contributed by atoms with van der Waals surface area (Å²) in [7, 11) is 0. The van der Waals surface area contributed by atoms with Gasteiger partial charge in [-0.15, -0.1) is 0 Å². The van der Waals surface area contributed by atoms with Gasteiger partial charge in [-0.3, -0.25) is 0 Å². The second-order valence-corrected chi connectivity index (χ2v) is 4.44. The van der Waals surface area contributed by atoms with Crippen LogP contribution in [0.25, 0.3) is 0 Å². The molecule has 1 aromatic rings. The summed E-state index contributed by atoms with van der Waals surface area (Å²) in [5.41, 5.74) is 0.993. The Kier molecular flexibility index (Phi) is 3.78. The summed E-state index contributed by atoms with van der Waals surface area (Å²) in [4.78, 5) is 2.58. The van der Waals surface area contributed by atoms with Crippen molar-refractivity contribution in [3.05, 3.63) is 29.8 Å². The van der Waals surface area contributed by atoms with Crippen LogP contribution in [-0.2, 0) is 6.54 Å². The van der Waals surface area contributed by atoms with Gasteiger partial charge in [-0.1, -0.05) is 12.1 Å². The molecule has 0 aliphatic carbocycles. The van der Waals surface area contributed by atoms with E-state index >= 15 is 0 Å². The number of rotatable bonds is 3. The van der Waals surface area contributed by atoms with Crippen molar-refractivity contribution in [3.8, 4) is 5.75 Å². The smallest absolute Gasteiger partial charge is 0.120 e. The normalized spacial score (nSPS) is 11.4. The zero-order chi connectivity index (χ0) is 10.6. The van der Waals surface area contributed by atoms with Gasteiger partial charge in [0.05, 0.1) is 0 Å². The fourth-order valence-corrected chi connectivity index (χ4v) is 1.26. The second kappa shape index (κ2) is 4.67. The molecule has 3 heteroatoms. The summed E-state index contributed by atoms with van der Waals surface area (Å²) >= 11 is 5.40. The van der Waals surface area contributed by atoms with Gasteiger partial charge in [0.25, 0.3) is 0 Å². The lowest BCUT2D eigenvalue weighted by atomic mass is 10.2. The van der Waals surface area contributed by atoms with Gasteiger partial charge in [-0.25, -0.2) is 4.84 Å². The molecule has 78 valence electrons. The topological polar surface area (TPSA) is 21.3 Å². The Balaban J connectivity index is 2.64. The lowest BCUT2D eigenvalue weighted by Gasteiger charge is -2.21. The third-order valence-electron chi connectivity index (χ3n) is 1.62. The van der Waals surface area contributed by atoms with E-state index in [9.17, 15) is 0 Å². The highest BCUT2D eigenvalue weighted by atomic mass is 35.5. The highest BCUT2D eigenvalue weighted by Gasteiger charge is 2.10. The van der Waals surface area contributed by atoms with Crippen LogP contribution < -0.4 is 9.57 Å². The van der Waals surface area contributed by atoms with E-state index in [-0.39, 0.29) is 5.60 Å². The van der Waals surface area contributed by atoms with Crippen molar-refractivity contribution in [2.24, 2.45) is 0 Å². The molecule has 0 saturated carbocycles. The summed E-state index contributed by atoms with van der Waals surface area (Å²) in [5.74, 6) is 0.885. The first-order valence-electron chi connectivity index (χ1n) is 4.63. The van der Waals surface area contributed by atoms with Crippen LogP contribution in [0.3, 0.4) is 0 Å². The summed E-state index contributed by atoms with van der Waals surface area (Å²) < 4.78 is 5.68. The third kappa shape index (κ3) is 3.99. The first-order chi connectivity index (χ1) is 6.51. The van der Waals surface area contributed by atoms with Crippen molar-refractivity contribution in [1.29, 1.82) is 0 Å². The highest BCUT2D eigenvalue weighted by Crippen LogP contribution is 2.18. The summed E-state index contributed by atoms with van der Waals surface area (Å²) in [6.45, 7) is 6.75. The Morgan fingerprint density at radius 3 is 2.21 bits per heavy atom. The van der Waals surface area contributed by atoms with Crippen LogP contribution in [0.5, 0.6) is 5.75 Å². The van der Waals surface area contributed by atoms with E-state index in [1.54, 1.807) is 0 Å². The minimum absolute atomic E-state index is 0.147. The van der Waals surface area contributed by atoms with Gasteiger partial charge in [0, 0.05) is 6.54 Å². The fraction of sp³-hybridized carbons (Fsp3) is 0.455. The van der Waals surface area contributed by atoms with Gasteiger partial charge >= 0.3 is 0 Å². The van der Waals surface area contributed by atoms with E-state index in [0.29, 0.717) is 6.54 Å². The Morgan fingerprint density at radius 1 is 1.21 bits per heavy atom. The molecule has 1 aromatic carbocycles. The Morgan fingerprint density at radius 2 is 1.79 bits per heavy atom. The van der Waals surface area contributed by atoms with E-state index in [1.165, 1.54) is 0 Å². The zero-order valence-electron chi connectivity index (χ0n) is 8.80. The Hall–Kier alpha value is -0.730. The minimum Gasteiger partial charge on any atom is -0.488 e. The van der Waals surface area contributed by atoms with Gasteiger partial charge in [0.15, 0.2) is 0 Å². The quantitative estimate of drug-likeness (QED) is 0.780. The molecule has 0 radical (unpaired) electrons. The van der Waals surface area contributed by atoms with Crippen LogP contribution in [0, 0.1) is 0 Å². The molecule has 0 aliphatic rings. The van der Waals surface area contributed by atoms with E-state index in [0.717, 1.165) is 11.3 Å². The first kappa shape index (κ1) is 11.3. The largest absolute Gasteiger partial charge is 0.488 e. The third-order valence-corrected chi connectivity index (χ3v) is 1.75. The van der Waals surface area contributed by atoms with E-state index in [1.807, 2.05) is 45.0 Å². The van der Waals surface area contributed by atoms with Crippen LogP contribution in [0.4, 0.5) is 0 Å². The van der Waals surface area contributed by atoms with Gasteiger partial charge in [-0.05, 0) is 50.2 Å². The fourth-order valence-electron chi connectivity index (χ4n) is 1.11. The molecule has 0 fully saturated rings. The number of hydrogen-bond acceptors (Lipinski definition) is 2. The van der Waals surface area contributed by atoms with E-state index in [2.05, 4.69) is 4.84 Å². The van der Waals surface area contributed by atoms with Gasteiger partial charge < -0.3 is 4.74 Å². The number of nitrogens with one attached hydrogen (secondary N) is 1. The zero-order valence-corrected chi connectivity index (χ0v) is 9.56. The molecule has 0 atom stereocenters. The maximum atomic E-state index is 5.68. The number of benzene rings is 1. The SMILES string of the molecule is CC(C)(C)Oc1ccc(CNCl)cc1. The summed E-state index contributed by atoms with van der Waals surface area (Å²) in [6, 6.07) is 7.90. The lowest BCUT2D eigenvalue weighted by molar-refractivity contribution is 0.131. The molecular formula is C11H16ClNO. The summed E-state index contributed by atoms with van der Waals surface area (Å²) in [6.07, 6.45) is 0. The maximum absolute atomic E-state index is 5.68. The van der Waals surface area contributed by atoms with Crippen molar-refractivity contribution in [1.82, 2.24) is 4.84 Å². The molecular weight excluding hydrogens is 198 g/mol. The van der Waals surface area contributed by atoms with Gasteiger partial charge in [0.2, 0.25) is 0 Å². The van der Waals surface area contributed by atoms with Crippen LogP contribution in [0.1, 0.15) is 26.3 Å². The monoisotopic (exact) mass is 213 g/mol. The van der Waals surface area contributed by atoms with Crippen molar-refractivity contribution in [3.63, 3.8) is 0 Å². The van der Waals surface area contributed by atoms with Crippen LogP contribution in [0.15, 0.2) is 24.3 Å². The second-order valence-electron chi connectivity index (χ2n) is 4.17. The molecule has 14 heavy (non-hydrogen) atoms. The van der Waals surface area contributed by atoms with Gasteiger partial charge in [0.1, 0.15) is 11.4 Å². The van der Waals surface area contributed by atoms with Crippen LogP contribution in [-0.4, -0.2) is 5.60 Å². The molecule has 0 aliphatic heterocycles.